The number of hydrogen-bond acceptors (Lipinski definition) is 3. The molecule has 0 saturated carbocycles. The standard InChI is InChI=1S/C15H15NS2/c1-2-5-13(6-3-1)15(17-11-4-12-18-15)14-7-9-16-10-8-14/h1-3,5-10H,4,11-12H2. The zero-order chi connectivity index (χ0) is 12.3. The molecule has 1 aromatic carbocycles. The Morgan fingerprint density at radius 2 is 1.44 bits per heavy atom. The van der Waals surface area contributed by atoms with Crippen molar-refractivity contribution in [3.8, 4) is 0 Å². The highest BCUT2D eigenvalue weighted by molar-refractivity contribution is 8.18. The molecule has 0 amide bonds. The summed E-state index contributed by atoms with van der Waals surface area (Å²) in [6.45, 7) is 0. The van der Waals surface area contributed by atoms with E-state index in [2.05, 4.69) is 71.0 Å². The van der Waals surface area contributed by atoms with E-state index in [0.29, 0.717) is 0 Å². The van der Waals surface area contributed by atoms with Gasteiger partial charge in [0.05, 0.1) is 0 Å². The first-order chi connectivity index (χ1) is 8.92. The second-order valence-electron chi connectivity index (χ2n) is 4.27. The quantitative estimate of drug-likeness (QED) is 0.815. The average Bonchev–Trinajstić information content (AvgIpc) is 2.50. The number of aromatic nitrogens is 1. The summed E-state index contributed by atoms with van der Waals surface area (Å²) in [6.07, 6.45) is 5.10. The maximum atomic E-state index is 4.15. The van der Waals surface area contributed by atoms with Crippen LogP contribution < -0.4 is 0 Å². The van der Waals surface area contributed by atoms with Gasteiger partial charge in [-0.15, -0.1) is 23.5 Å². The first-order valence-corrected chi connectivity index (χ1v) is 8.13. The van der Waals surface area contributed by atoms with E-state index < -0.39 is 0 Å². The van der Waals surface area contributed by atoms with Crippen LogP contribution in [0.1, 0.15) is 17.5 Å². The smallest absolute Gasteiger partial charge is 0.111 e. The monoisotopic (exact) mass is 273 g/mol. The normalized spacial score (nSPS) is 18.4. The fourth-order valence-corrected chi connectivity index (χ4v) is 5.64. The summed E-state index contributed by atoms with van der Waals surface area (Å²) in [7, 11) is 0. The summed E-state index contributed by atoms with van der Waals surface area (Å²) in [5.74, 6) is 2.45. The highest BCUT2D eigenvalue weighted by Crippen LogP contribution is 2.54. The van der Waals surface area contributed by atoms with Crippen molar-refractivity contribution in [3.05, 3.63) is 66.0 Å². The van der Waals surface area contributed by atoms with E-state index in [4.69, 9.17) is 0 Å². The second kappa shape index (κ2) is 5.37. The van der Waals surface area contributed by atoms with Gasteiger partial charge in [-0.05, 0) is 41.2 Å². The van der Waals surface area contributed by atoms with Crippen LogP contribution in [0.3, 0.4) is 0 Å². The third-order valence-corrected chi connectivity index (χ3v) is 6.56. The third-order valence-electron chi connectivity index (χ3n) is 3.11. The zero-order valence-corrected chi connectivity index (χ0v) is 11.7. The lowest BCUT2D eigenvalue weighted by molar-refractivity contribution is 0.999. The minimum atomic E-state index is 0.0580. The van der Waals surface area contributed by atoms with Crippen molar-refractivity contribution in [2.24, 2.45) is 0 Å². The molecule has 2 heterocycles. The zero-order valence-electron chi connectivity index (χ0n) is 10.1. The molecule has 18 heavy (non-hydrogen) atoms. The minimum absolute atomic E-state index is 0.0580. The maximum Gasteiger partial charge on any atom is 0.111 e. The van der Waals surface area contributed by atoms with Gasteiger partial charge < -0.3 is 0 Å². The molecule has 1 aliphatic rings. The van der Waals surface area contributed by atoms with Gasteiger partial charge >= 0.3 is 0 Å². The molecule has 1 fully saturated rings. The summed E-state index contributed by atoms with van der Waals surface area (Å²) in [5.41, 5.74) is 2.75. The van der Waals surface area contributed by atoms with Gasteiger partial charge in [0, 0.05) is 12.4 Å². The molecule has 1 aliphatic heterocycles. The molecule has 1 aromatic heterocycles. The molecular formula is C15H15NS2. The topological polar surface area (TPSA) is 12.9 Å². The Morgan fingerprint density at radius 1 is 0.833 bits per heavy atom. The van der Waals surface area contributed by atoms with Gasteiger partial charge in [0.2, 0.25) is 0 Å². The molecule has 0 atom stereocenters. The fraction of sp³-hybridized carbons (Fsp3) is 0.267. The molecule has 1 nitrogen and oxygen atoms in total. The van der Waals surface area contributed by atoms with E-state index in [0.717, 1.165) is 0 Å². The van der Waals surface area contributed by atoms with Gasteiger partial charge in [-0.25, -0.2) is 0 Å². The maximum absolute atomic E-state index is 4.15. The van der Waals surface area contributed by atoms with Crippen molar-refractivity contribution in [1.29, 1.82) is 0 Å². The summed E-state index contributed by atoms with van der Waals surface area (Å²) >= 11 is 4.10. The van der Waals surface area contributed by atoms with Crippen molar-refractivity contribution in [1.82, 2.24) is 4.98 Å². The highest BCUT2D eigenvalue weighted by atomic mass is 32.2. The Balaban J connectivity index is 2.10. The first-order valence-electron chi connectivity index (χ1n) is 6.16. The summed E-state index contributed by atoms with van der Waals surface area (Å²) in [5, 5.41) is 0. The first kappa shape index (κ1) is 12.1. The molecule has 0 bridgehead atoms. The van der Waals surface area contributed by atoms with E-state index in [-0.39, 0.29) is 4.08 Å². The molecule has 2 aromatic rings. The Kier molecular flexibility index (Phi) is 3.62. The van der Waals surface area contributed by atoms with E-state index in [1.165, 1.54) is 29.1 Å². The van der Waals surface area contributed by atoms with Crippen LogP contribution in [-0.4, -0.2) is 16.5 Å². The van der Waals surface area contributed by atoms with Gasteiger partial charge in [-0.3, -0.25) is 4.98 Å². The van der Waals surface area contributed by atoms with Crippen molar-refractivity contribution in [3.63, 3.8) is 0 Å². The van der Waals surface area contributed by atoms with Gasteiger partial charge in [-0.2, -0.15) is 0 Å². The van der Waals surface area contributed by atoms with Crippen LogP contribution in [0.4, 0.5) is 0 Å². The Morgan fingerprint density at radius 3 is 2.11 bits per heavy atom. The predicted octanol–water partition coefficient (Wildman–Crippen LogP) is 4.15. The molecule has 0 spiro atoms. The van der Waals surface area contributed by atoms with Crippen LogP contribution in [0, 0.1) is 0 Å². The molecule has 0 N–H and O–H groups in total. The molecule has 3 heteroatoms. The average molecular weight is 273 g/mol. The Labute approximate surface area is 116 Å². The van der Waals surface area contributed by atoms with E-state index >= 15 is 0 Å². The SMILES string of the molecule is c1ccc(C2(c3ccncc3)SCCCS2)cc1. The Bertz CT molecular complexity index is 451. The van der Waals surface area contributed by atoms with Crippen molar-refractivity contribution in [2.75, 3.05) is 11.5 Å². The molecule has 0 unspecified atom stereocenters. The number of rotatable bonds is 2. The van der Waals surface area contributed by atoms with Gasteiger partial charge in [0.25, 0.3) is 0 Å². The molecule has 0 aliphatic carbocycles. The summed E-state index contributed by atoms with van der Waals surface area (Å²) in [4.78, 5) is 4.15. The minimum Gasteiger partial charge on any atom is -0.265 e. The third kappa shape index (κ3) is 2.17. The number of thioether (sulfide) groups is 2. The van der Waals surface area contributed by atoms with Crippen LogP contribution in [0.5, 0.6) is 0 Å². The molecule has 92 valence electrons. The molecule has 3 rings (SSSR count). The second-order valence-corrected chi connectivity index (χ2v) is 7.15. The van der Waals surface area contributed by atoms with Gasteiger partial charge in [0.1, 0.15) is 4.08 Å². The van der Waals surface area contributed by atoms with Gasteiger partial charge in [-0.1, -0.05) is 30.3 Å². The van der Waals surface area contributed by atoms with Crippen LogP contribution in [-0.2, 0) is 4.08 Å². The molecule has 1 saturated heterocycles. The lowest BCUT2D eigenvalue weighted by Crippen LogP contribution is -2.24. The van der Waals surface area contributed by atoms with Crippen LogP contribution >= 0.6 is 23.5 Å². The predicted molar refractivity (Wildman–Crippen MR) is 81.0 cm³/mol. The van der Waals surface area contributed by atoms with Crippen molar-refractivity contribution in [2.45, 2.75) is 10.5 Å². The lowest BCUT2D eigenvalue weighted by atomic mass is 10.0. The van der Waals surface area contributed by atoms with Crippen molar-refractivity contribution < 1.29 is 0 Å². The number of hydrogen-bond donors (Lipinski definition) is 0. The van der Waals surface area contributed by atoms with E-state index in [1.54, 1.807) is 0 Å². The number of benzene rings is 1. The highest BCUT2D eigenvalue weighted by Gasteiger charge is 2.37. The molecule has 0 radical (unpaired) electrons. The summed E-state index contributed by atoms with van der Waals surface area (Å²) in [6, 6.07) is 15.1. The van der Waals surface area contributed by atoms with Crippen molar-refractivity contribution >= 4 is 23.5 Å². The molecular weight excluding hydrogens is 258 g/mol. The largest absolute Gasteiger partial charge is 0.265 e. The number of pyridine rings is 1. The van der Waals surface area contributed by atoms with Crippen LogP contribution in [0.25, 0.3) is 0 Å². The van der Waals surface area contributed by atoms with Crippen LogP contribution in [0.2, 0.25) is 0 Å². The Hall–Kier alpha value is -0.930. The van der Waals surface area contributed by atoms with E-state index in [1.807, 2.05) is 12.4 Å². The summed E-state index contributed by atoms with van der Waals surface area (Å²) < 4.78 is 0.0580. The fourth-order valence-electron chi connectivity index (χ4n) is 2.26. The van der Waals surface area contributed by atoms with Gasteiger partial charge in [0.15, 0.2) is 0 Å². The lowest BCUT2D eigenvalue weighted by Gasteiger charge is -2.37. The van der Waals surface area contributed by atoms with Crippen LogP contribution in [0.15, 0.2) is 54.9 Å². The van der Waals surface area contributed by atoms with E-state index in [9.17, 15) is 0 Å². The number of nitrogens with zero attached hydrogens (tertiary/aromatic N) is 1.